The summed E-state index contributed by atoms with van der Waals surface area (Å²) in [7, 11) is -3.02. The van der Waals surface area contributed by atoms with Crippen molar-refractivity contribution in [2.24, 2.45) is 5.92 Å². The van der Waals surface area contributed by atoms with Crippen molar-refractivity contribution in [1.82, 2.24) is 14.9 Å². The van der Waals surface area contributed by atoms with Gasteiger partial charge in [0, 0.05) is 23.7 Å². The number of amides is 1. The number of nitrogens with zero attached hydrogens (tertiary/aromatic N) is 2. The summed E-state index contributed by atoms with van der Waals surface area (Å²) in [5.41, 5.74) is 0.284. The van der Waals surface area contributed by atoms with Crippen molar-refractivity contribution in [3.05, 3.63) is 45.2 Å². The molecular weight excluding hydrogens is 497 g/mol. The van der Waals surface area contributed by atoms with E-state index in [1.165, 1.54) is 16.9 Å². The van der Waals surface area contributed by atoms with Crippen molar-refractivity contribution < 1.29 is 17.6 Å². The fourth-order valence-electron chi connectivity index (χ4n) is 3.82. The molecule has 1 N–H and O–H groups in total. The number of rotatable bonds is 6. The monoisotopic (exact) mass is 519 g/mol. The summed E-state index contributed by atoms with van der Waals surface area (Å²) in [6.45, 7) is 2.28. The maximum Gasteiger partial charge on any atom is 0.273 e. The molecule has 0 aliphatic heterocycles. The molecule has 0 bridgehead atoms. The molecule has 10 heteroatoms. The van der Waals surface area contributed by atoms with E-state index in [1.54, 1.807) is 12.1 Å². The van der Waals surface area contributed by atoms with E-state index in [9.17, 15) is 17.6 Å². The van der Waals surface area contributed by atoms with Gasteiger partial charge in [0.2, 0.25) is 0 Å². The van der Waals surface area contributed by atoms with Crippen molar-refractivity contribution in [3.8, 4) is 5.69 Å². The lowest BCUT2D eigenvalue weighted by Gasteiger charge is -2.27. The molecule has 2 aromatic rings. The number of aryl methyl sites for hydroxylation is 1. The van der Waals surface area contributed by atoms with Gasteiger partial charge < -0.3 is 5.32 Å². The standard InChI is InChI=1S/C20H24BrClFN3O3S/c1-3-17-25-18(19(22)26(17)16-9-6-13(21)10-15(16)23)20(27)24-11-12-4-7-14(8-5-12)30(2,28)29/h6,9-10,12,14H,3-5,7-8,11H2,1-2H3,(H,24,27). The van der Waals surface area contributed by atoms with Gasteiger partial charge in [-0.25, -0.2) is 17.8 Å². The number of imidazole rings is 1. The highest BCUT2D eigenvalue weighted by atomic mass is 79.9. The Morgan fingerprint density at radius 2 is 2.00 bits per heavy atom. The third-order valence-electron chi connectivity index (χ3n) is 5.52. The van der Waals surface area contributed by atoms with Crippen LogP contribution >= 0.6 is 27.5 Å². The Hall–Kier alpha value is -1.45. The van der Waals surface area contributed by atoms with Crippen LogP contribution in [-0.4, -0.2) is 41.9 Å². The second kappa shape index (κ2) is 9.36. The highest BCUT2D eigenvalue weighted by molar-refractivity contribution is 9.10. The Labute approximate surface area is 189 Å². The SMILES string of the molecule is CCc1nc(C(=O)NCC2CCC(S(C)(=O)=O)CC2)c(Cl)n1-c1ccc(Br)cc1F. The minimum atomic E-state index is -3.02. The summed E-state index contributed by atoms with van der Waals surface area (Å²) >= 11 is 9.66. The number of halogens is 3. The average molecular weight is 521 g/mol. The number of hydrogen-bond donors (Lipinski definition) is 1. The maximum atomic E-state index is 14.5. The Kier molecular flexibility index (Phi) is 7.24. The molecular formula is C20H24BrClFN3O3S. The van der Waals surface area contributed by atoms with E-state index in [1.807, 2.05) is 6.92 Å². The van der Waals surface area contributed by atoms with E-state index >= 15 is 0 Å². The average Bonchev–Trinajstić information content (AvgIpc) is 3.02. The number of hydrogen-bond acceptors (Lipinski definition) is 4. The molecule has 1 aliphatic carbocycles. The lowest BCUT2D eigenvalue weighted by Crippen LogP contribution is -2.34. The molecule has 6 nitrogen and oxygen atoms in total. The van der Waals surface area contributed by atoms with E-state index in [0.717, 1.165) is 12.8 Å². The van der Waals surface area contributed by atoms with Crippen molar-refractivity contribution in [2.75, 3.05) is 12.8 Å². The van der Waals surface area contributed by atoms with E-state index in [0.29, 0.717) is 36.1 Å². The predicted molar refractivity (Wildman–Crippen MR) is 119 cm³/mol. The molecule has 0 unspecified atom stereocenters. The molecule has 1 heterocycles. The fraction of sp³-hybridized carbons (Fsp3) is 0.500. The zero-order valence-electron chi connectivity index (χ0n) is 16.8. The topological polar surface area (TPSA) is 81.1 Å². The Morgan fingerprint density at radius 3 is 2.57 bits per heavy atom. The van der Waals surface area contributed by atoms with Gasteiger partial charge in [0.1, 0.15) is 26.6 Å². The van der Waals surface area contributed by atoms with Crippen molar-refractivity contribution in [2.45, 2.75) is 44.3 Å². The smallest absolute Gasteiger partial charge is 0.273 e. The molecule has 0 atom stereocenters. The highest BCUT2D eigenvalue weighted by Gasteiger charge is 2.29. The van der Waals surface area contributed by atoms with Crippen LogP contribution in [0.1, 0.15) is 48.9 Å². The maximum absolute atomic E-state index is 14.5. The molecule has 0 saturated heterocycles. The first-order chi connectivity index (χ1) is 14.1. The van der Waals surface area contributed by atoms with Gasteiger partial charge in [-0.05, 0) is 49.8 Å². The molecule has 1 fully saturated rings. The van der Waals surface area contributed by atoms with Crippen LogP contribution in [0.2, 0.25) is 5.15 Å². The first kappa shape index (κ1) is 23.2. The number of carbonyl (C=O) groups is 1. The van der Waals surface area contributed by atoms with Gasteiger partial charge in [-0.2, -0.15) is 0 Å². The van der Waals surface area contributed by atoms with Crippen LogP contribution < -0.4 is 5.32 Å². The van der Waals surface area contributed by atoms with Crippen LogP contribution in [-0.2, 0) is 16.3 Å². The molecule has 1 amide bonds. The molecule has 3 rings (SSSR count). The van der Waals surface area contributed by atoms with Crippen molar-refractivity contribution in [3.63, 3.8) is 0 Å². The Morgan fingerprint density at radius 1 is 1.33 bits per heavy atom. The van der Waals surface area contributed by atoms with E-state index in [4.69, 9.17) is 11.6 Å². The second-order valence-corrected chi connectivity index (χ2v) is 11.2. The summed E-state index contributed by atoms with van der Waals surface area (Å²) in [4.78, 5) is 17.1. The molecule has 1 aromatic carbocycles. The summed E-state index contributed by atoms with van der Waals surface area (Å²) in [5.74, 6) is -0.202. The molecule has 0 radical (unpaired) electrons. The number of aromatic nitrogens is 2. The van der Waals surface area contributed by atoms with Gasteiger partial charge in [-0.1, -0.05) is 34.5 Å². The Balaban J connectivity index is 1.72. The highest BCUT2D eigenvalue weighted by Crippen LogP contribution is 2.29. The van der Waals surface area contributed by atoms with Gasteiger partial charge >= 0.3 is 0 Å². The number of nitrogens with one attached hydrogen (secondary N) is 1. The minimum Gasteiger partial charge on any atom is -0.350 e. The van der Waals surface area contributed by atoms with E-state index in [-0.39, 0.29) is 27.7 Å². The lowest BCUT2D eigenvalue weighted by molar-refractivity contribution is 0.0939. The number of sulfone groups is 1. The van der Waals surface area contributed by atoms with Gasteiger partial charge in [-0.15, -0.1) is 0 Å². The van der Waals surface area contributed by atoms with Gasteiger partial charge in [0.05, 0.1) is 10.9 Å². The van der Waals surface area contributed by atoms with Crippen LogP contribution in [0.3, 0.4) is 0 Å². The number of benzene rings is 1. The lowest BCUT2D eigenvalue weighted by atomic mass is 9.89. The molecule has 30 heavy (non-hydrogen) atoms. The van der Waals surface area contributed by atoms with Crippen molar-refractivity contribution in [1.29, 1.82) is 0 Å². The zero-order valence-corrected chi connectivity index (χ0v) is 19.9. The molecule has 0 spiro atoms. The quantitative estimate of drug-likeness (QED) is 0.615. The van der Waals surface area contributed by atoms with Gasteiger partial charge in [0.25, 0.3) is 5.91 Å². The fourth-order valence-corrected chi connectivity index (χ4v) is 5.60. The van der Waals surface area contributed by atoms with E-state index < -0.39 is 21.6 Å². The van der Waals surface area contributed by atoms with Crippen LogP contribution in [0.25, 0.3) is 5.69 Å². The summed E-state index contributed by atoms with van der Waals surface area (Å²) in [6, 6.07) is 4.60. The first-order valence-electron chi connectivity index (χ1n) is 9.81. The van der Waals surface area contributed by atoms with Gasteiger partial charge in [-0.3, -0.25) is 9.36 Å². The summed E-state index contributed by atoms with van der Waals surface area (Å²) in [5, 5.41) is 2.63. The van der Waals surface area contributed by atoms with Crippen LogP contribution in [0, 0.1) is 11.7 Å². The van der Waals surface area contributed by atoms with Crippen LogP contribution in [0.15, 0.2) is 22.7 Å². The summed E-state index contributed by atoms with van der Waals surface area (Å²) in [6.07, 6.45) is 4.44. The van der Waals surface area contributed by atoms with Crippen LogP contribution in [0.4, 0.5) is 4.39 Å². The molecule has 1 aliphatic rings. The van der Waals surface area contributed by atoms with Gasteiger partial charge in [0.15, 0.2) is 5.69 Å². The zero-order chi connectivity index (χ0) is 22.1. The third-order valence-corrected chi connectivity index (χ3v) is 8.05. The third kappa shape index (κ3) is 5.06. The minimum absolute atomic E-state index is 0.0562. The predicted octanol–water partition coefficient (Wildman–Crippen LogP) is 4.32. The number of carbonyl (C=O) groups excluding carboxylic acids is 1. The molecule has 1 saturated carbocycles. The first-order valence-corrected chi connectivity index (χ1v) is 12.9. The molecule has 1 aromatic heterocycles. The largest absolute Gasteiger partial charge is 0.350 e. The Bertz CT molecular complexity index is 1050. The molecule has 164 valence electrons. The normalized spacial score (nSPS) is 19.6. The van der Waals surface area contributed by atoms with Crippen molar-refractivity contribution >= 4 is 43.3 Å². The summed E-state index contributed by atoms with van der Waals surface area (Å²) < 4.78 is 39.9. The van der Waals surface area contributed by atoms with E-state index in [2.05, 4.69) is 26.2 Å². The van der Waals surface area contributed by atoms with Crippen LogP contribution in [0.5, 0.6) is 0 Å². The second-order valence-electron chi connectivity index (χ2n) is 7.63.